The first kappa shape index (κ1) is 21.3. The molecule has 0 unspecified atom stereocenters. The molecule has 1 aliphatic carbocycles. The Bertz CT molecular complexity index is 863. The lowest BCUT2D eigenvalue weighted by Crippen LogP contribution is -2.35. The summed E-state index contributed by atoms with van der Waals surface area (Å²) in [7, 11) is 2.14. The smallest absolute Gasteiger partial charge is 0.190 e. The normalized spacial score (nSPS) is 24.8. The van der Waals surface area contributed by atoms with Crippen LogP contribution >= 0.6 is 11.8 Å². The van der Waals surface area contributed by atoms with Gasteiger partial charge in [-0.15, -0.1) is 10.2 Å². The quantitative estimate of drug-likeness (QED) is 0.458. The van der Waals surface area contributed by atoms with Crippen molar-refractivity contribution in [3.63, 3.8) is 0 Å². The number of halogens is 1. The molecule has 3 aliphatic rings. The lowest BCUT2D eigenvalue weighted by Gasteiger charge is -2.27. The van der Waals surface area contributed by atoms with E-state index in [1.807, 2.05) is 23.9 Å². The van der Waals surface area contributed by atoms with Crippen LogP contribution < -0.4 is 4.90 Å². The Kier molecular flexibility index (Phi) is 6.51. The number of hydrogen-bond donors (Lipinski definition) is 0. The van der Waals surface area contributed by atoms with E-state index in [9.17, 15) is 4.39 Å². The van der Waals surface area contributed by atoms with Gasteiger partial charge in [-0.3, -0.25) is 0 Å². The van der Waals surface area contributed by atoms with Gasteiger partial charge in [0, 0.05) is 50.1 Å². The maximum absolute atomic E-state index is 13.3. The van der Waals surface area contributed by atoms with Gasteiger partial charge in [-0.05, 0) is 62.4 Å². The average molecular weight is 444 g/mol. The first-order chi connectivity index (χ1) is 15.2. The number of benzene rings is 1. The van der Waals surface area contributed by atoms with Crippen LogP contribution in [0.5, 0.6) is 0 Å². The van der Waals surface area contributed by atoms with Crippen molar-refractivity contribution in [1.29, 1.82) is 0 Å². The van der Waals surface area contributed by atoms with Crippen LogP contribution in [-0.2, 0) is 7.05 Å². The van der Waals surface area contributed by atoms with Crippen LogP contribution in [0, 0.1) is 11.7 Å². The summed E-state index contributed by atoms with van der Waals surface area (Å²) < 4.78 is 15.5. The van der Waals surface area contributed by atoms with Crippen molar-refractivity contribution in [3.8, 4) is 0 Å². The standard InChI is InChI=1S/C24H34FN5S/c1-28-23(18-6-3-2-4-7-18)26-27-24(28)31-15-5-13-29-16-19-12-14-30(22(19)17-29)21-10-8-20(25)9-11-21/h8-11,18-19,22H,2-7,12-17H2,1H3/t19-,22+/m1/s1. The molecule has 1 saturated carbocycles. The highest BCUT2D eigenvalue weighted by Gasteiger charge is 2.41. The van der Waals surface area contributed by atoms with Gasteiger partial charge in [0.25, 0.3) is 0 Å². The van der Waals surface area contributed by atoms with Gasteiger partial charge in [0.1, 0.15) is 11.6 Å². The number of anilines is 1. The monoisotopic (exact) mass is 443 g/mol. The second-order valence-electron chi connectivity index (χ2n) is 9.48. The number of rotatable bonds is 7. The van der Waals surface area contributed by atoms with E-state index < -0.39 is 0 Å². The summed E-state index contributed by atoms with van der Waals surface area (Å²) in [5, 5.41) is 10.1. The minimum Gasteiger partial charge on any atom is -0.367 e. The Morgan fingerprint density at radius 1 is 1.03 bits per heavy atom. The molecule has 2 aromatic rings. The summed E-state index contributed by atoms with van der Waals surface area (Å²) in [4.78, 5) is 5.11. The highest BCUT2D eigenvalue weighted by molar-refractivity contribution is 7.99. The van der Waals surface area contributed by atoms with Crippen LogP contribution in [0.3, 0.4) is 0 Å². The number of fused-ring (bicyclic) bond motifs is 1. The zero-order valence-electron chi connectivity index (χ0n) is 18.5. The molecule has 0 spiro atoms. The predicted molar refractivity (Wildman–Crippen MR) is 124 cm³/mol. The molecule has 3 fully saturated rings. The molecule has 168 valence electrons. The van der Waals surface area contributed by atoms with Gasteiger partial charge in [0.2, 0.25) is 0 Å². The van der Waals surface area contributed by atoms with Crippen LogP contribution in [0.2, 0.25) is 0 Å². The molecular formula is C24H34FN5S. The number of thioether (sulfide) groups is 1. The average Bonchev–Trinajstić information content (AvgIpc) is 3.47. The summed E-state index contributed by atoms with van der Waals surface area (Å²) in [5.41, 5.74) is 1.17. The summed E-state index contributed by atoms with van der Waals surface area (Å²) in [6.07, 6.45) is 8.98. The van der Waals surface area contributed by atoms with Crippen molar-refractivity contribution in [2.45, 2.75) is 62.1 Å². The number of likely N-dealkylation sites (tertiary alicyclic amines) is 1. The van der Waals surface area contributed by atoms with Crippen molar-refractivity contribution in [1.82, 2.24) is 19.7 Å². The van der Waals surface area contributed by atoms with Gasteiger partial charge in [0.05, 0.1) is 0 Å². The molecule has 31 heavy (non-hydrogen) atoms. The summed E-state index contributed by atoms with van der Waals surface area (Å²) in [6.45, 7) is 4.57. The van der Waals surface area contributed by atoms with Crippen LogP contribution in [0.15, 0.2) is 29.4 Å². The Morgan fingerprint density at radius 3 is 2.65 bits per heavy atom. The van der Waals surface area contributed by atoms with E-state index in [4.69, 9.17) is 0 Å². The van der Waals surface area contributed by atoms with E-state index in [0.717, 1.165) is 36.5 Å². The zero-order chi connectivity index (χ0) is 21.2. The molecule has 5 nitrogen and oxygen atoms in total. The molecule has 2 saturated heterocycles. The fourth-order valence-electron chi connectivity index (χ4n) is 5.80. The third-order valence-corrected chi connectivity index (χ3v) is 8.58. The van der Waals surface area contributed by atoms with Gasteiger partial charge in [-0.1, -0.05) is 31.0 Å². The topological polar surface area (TPSA) is 37.2 Å². The van der Waals surface area contributed by atoms with Gasteiger partial charge in [-0.2, -0.15) is 0 Å². The third kappa shape index (κ3) is 4.63. The minimum absolute atomic E-state index is 0.154. The van der Waals surface area contributed by atoms with Crippen LogP contribution in [0.1, 0.15) is 56.7 Å². The first-order valence-corrected chi connectivity index (χ1v) is 12.9. The Morgan fingerprint density at radius 2 is 1.84 bits per heavy atom. The highest BCUT2D eigenvalue weighted by atomic mass is 32.2. The van der Waals surface area contributed by atoms with Crippen LogP contribution in [0.4, 0.5) is 10.1 Å². The first-order valence-electron chi connectivity index (χ1n) is 12.0. The molecule has 2 atom stereocenters. The van der Waals surface area contributed by atoms with Gasteiger partial charge >= 0.3 is 0 Å². The lowest BCUT2D eigenvalue weighted by atomic mass is 9.89. The number of nitrogens with zero attached hydrogens (tertiary/aromatic N) is 5. The van der Waals surface area contributed by atoms with E-state index in [2.05, 4.69) is 31.6 Å². The van der Waals surface area contributed by atoms with Crippen LogP contribution in [-0.4, -0.2) is 57.6 Å². The number of aromatic nitrogens is 3. The van der Waals surface area contributed by atoms with Crippen molar-refractivity contribution in [2.75, 3.05) is 36.8 Å². The molecule has 0 radical (unpaired) electrons. The molecule has 7 heteroatoms. The largest absolute Gasteiger partial charge is 0.367 e. The lowest BCUT2D eigenvalue weighted by molar-refractivity contribution is 0.319. The van der Waals surface area contributed by atoms with E-state index in [1.54, 1.807) is 12.1 Å². The Hall–Kier alpha value is -1.60. The molecule has 1 aromatic heterocycles. The SMILES string of the molecule is Cn1c(SCCCN2C[C@H]3CCN(c4ccc(F)cc4)[C@H]3C2)nnc1C1CCCCC1. The molecule has 5 rings (SSSR count). The van der Waals surface area contributed by atoms with E-state index >= 15 is 0 Å². The fraction of sp³-hybridized carbons (Fsp3) is 0.667. The van der Waals surface area contributed by atoms with E-state index in [0.29, 0.717) is 12.0 Å². The highest BCUT2D eigenvalue weighted by Crippen LogP contribution is 2.35. The predicted octanol–water partition coefficient (Wildman–Crippen LogP) is 4.69. The minimum atomic E-state index is -0.154. The van der Waals surface area contributed by atoms with Gasteiger partial charge < -0.3 is 14.4 Å². The van der Waals surface area contributed by atoms with E-state index in [1.165, 1.54) is 63.0 Å². The molecule has 0 bridgehead atoms. The van der Waals surface area contributed by atoms with Gasteiger partial charge in [-0.25, -0.2) is 4.39 Å². The maximum atomic E-state index is 13.3. The Balaban J connectivity index is 1.08. The van der Waals surface area contributed by atoms with Crippen molar-refractivity contribution < 1.29 is 4.39 Å². The molecule has 0 N–H and O–H groups in total. The van der Waals surface area contributed by atoms with Crippen molar-refractivity contribution in [3.05, 3.63) is 35.9 Å². The molecule has 2 aliphatic heterocycles. The summed E-state index contributed by atoms with van der Waals surface area (Å²) in [6, 6.07) is 7.60. The van der Waals surface area contributed by atoms with E-state index in [-0.39, 0.29) is 5.82 Å². The van der Waals surface area contributed by atoms with Crippen LogP contribution in [0.25, 0.3) is 0 Å². The second-order valence-corrected chi connectivity index (χ2v) is 10.5. The fourth-order valence-corrected chi connectivity index (χ4v) is 6.65. The summed E-state index contributed by atoms with van der Waals surface area (Å²) in [5.74, 6) is 3.47. The van der Waals surface area contributed by atoms with Crippen molar-refractivity contribution in [2.24, 2.45) is 13.0 Å². The molecular weight excluding hydrogens is 409 g/mol. The number of hydrogen-bond acceptors (Lipinski definition) is 5. The molecule has 3 heterocycles. The molecule has 1 aromatic carbocycles. The van der Waals surface area contributed by atoms with Crippen molar-refractivity contribution >= 4 is 17.4 Å². The molecule has 0 amide bonds. The maximum Gasteiger partial charge on any atom is 0.190 e. The summed E-state index contributed by atoms with van der Waals surface area (Å²) >= 11 is 1.85. The Labute approximate surface area is 189 Å². The second kappa shape index (κ2) is 9.49. The van der Waals surface area contributed by atoms with Gasteiger partial charge in [0.15, 0.2) is 5.16 Å². The third-order valence-electron chi connectivity index (χ3n) is 7.47. The zero-order valence-corrected chi connectivity index (χ0v) is 19.4.